The van der Waals surface area contributed by atoms with Gasteiger partial charge in [0.05, 0.1) is 12.2 Å². The third-order valence-corrected chi connectivity index (χ3v) is 17.2. The first-order valence-electron chi connectivity index (χ1n) is 20.5. The molecule has 50 heavy (non-hydrogen) atoms. The fourth-order valence-electron chi connectivity index (χ4n) is 14.6. The Balaban J connectivity index is 1.11. The molecule has 0 amide bonds. The highest BCUT2D eigenvalue weighted by Gasteiger charge is 2.70. The predicted octanol–water partition coefficient (Wildman–Crippen LogP) is 9.47. The first kappa shape index (κ1) is 36.4. The Morgan fingerprint density at radius 2 is 1.70 bits per heavy atom. The molecule has 1 aromatic carbocycles. The van der Waals surface area contributed by atoms with Crippen molar-refractivity contribution in [3.63, 3.8) is 0 Å². The molecule has 5 nitrogen and oxygen atoms in total. The molecule has 5 fully saturated rings. The van der Waals surface area contributed by atoms with E-state index in [1.54, 1.807) is 12.1 Å². The Bertz CT molecular complexity index is 1480. The first-order valence-corrected chi connectivity index (χ1v) is 20.5. The topological polar surface area (TPSA) is 72.8 Å². The van der Waals surface area contributed by atoms with Gasteiger partial charge in [-0.05, 0) is 184 Å². The number of fused-ring (bicyclic) bond motifs is 7. The van der Waals surface area contributed by atoms with Gasteiger partial charge >= 0.3 is 5.97 Å². The summed E-state index contributed by atoms with van der Waals surface area (Å²) in [7, 11) is 0. The molecule has 0 radical (unpaired) electrons. The highest BCUT2D eigenvalue weighted by molar-refractivity contribution is 5.88. The molecule has 10 atom stereocenters. The van der Waals surface area contributed by atoms with Crippen LogP contribution in [-0.2, 0) is 0 Å². The molecule has 1 unspecified atom stereocenters. The standard InChI is InChI=1S/C45H68N2O3/c1-30(2)34-17-22-45(29-46-25-9-27-47-26-8-10-33(47)28-48)24-23-43(6)36(39(34)45)15-16-38-42(5)20-18-35(31-11-13-32(14-12-31)40(49)50)41(3,4)37(42)19-21-44(38,43)7/h11-14,18,33-34,36-39,46,48H,1,8-10,15-17,19-29H2,2-7H3,(H,49,50)/t33?,34-,36+,37-,38+,39+,42-,43+,44+,45+/m0/s1. The van der Waals surface area contributed by atoms with Crippen molar-refractivity contribution in [3.8, 4) is 0 Å². The first-order chi connectivity index (χ1) is 23.7. The van der Waals surface area contributed by atoms with Crippen LogP contribution in [0.2, 0.25) is 0 Å². The lowest BCUT2D eigenvalue weighted by Crippen LogP contribution is -2.65. The molecule has 5 aliphatic carbocycles. The van der Waals surface area contributed by atoms with Crippen LogP contribution >= 0.6 is 0 Å². The van der Waals surface area contributed by atoms with E-state index < -0.39 is 5.97 Å². The lowest BCUT2D eigenvalue weighted by Gasteiger charge is -2.72. The van der Waals surface area contributed by atoms with Crippen LogP contribution in [0.3, 0.4) is 0 Å². The Hall–Kier alpha value is -1.95. The largest absolute Gasteiger partial charge is 0.478 e. The lowest BCUT2D eigenvalue weighted by molar-refractivity contribution is -0.225. The van der Waals surface area contributed by atoms with Gasteiger partial charge in [0.15, 0.2) is 0 Å². The average molecular weight is 685 g/mol. The molecule has 1 saturated heterocycles. The molecule has 0 bridgehead atoms. The molecule has 4 saturated carbocycles. The fraction of sp³-hybridized carbons (Fsp3) is 0.756. The maximum Gasteiger partial charge on any atom is 0.335 e. The van der Waals surface area contributed by atoms with Gasteiger partial charge in [0, 0.05) is 12.6 Å². The fourth-order valence-corrected chi connectivity index (χ4v) is 14.6. The second kappa shape index (κ2) is 13.2. The van der Waals surface area contributed by atoms with Crippen LogP contribution in [-0.4, -0.2) is 59.9 Å². The van der Waals surface area contributed by atoms with E-state index in [4.69, 9.17) is 0 Å². The van der Waals surface area contributed by atoms with Gasteiger partial charge in [-0.25, -0.2) is 4.79 Å². The van der Waals surface area contributed by atoms with Gasteiger partial charge in [0.1, 0.15) is 0 Å². The van der Waals surface area contributed by atoms with Crippen LogP contribution in [0.5, 0.6) is 0 Å². The highest BCUT2D eigenvalue weighted by atomic mass is 16.4. The molecule has 5 heteroatoms. The normalized spacial score (nSPS) is 42.2. The van der Waals surface area contributed by atoms with E-state index in [0.717, 1.165) is 50.9 Å². The van der Waals surface area contributed by atoms with Crippen LogP contribution in [0.15, 0.2) is 42.5 Å². The summed E-state index contributed by atoms with van der Waals surface area (Å²) in [4.78, 5) is 14.1. The number of hydrogen-bond donors (Lipinski definition) is 3. The van der Waals surface area contributed by atoms with Gasteiger partial charge in [0.25, 0.3) is 0 Å². The molecule has 276 valence electrons. The summed E-state index contributed by atoms with van der Waals surface area (Å²) in [5.41, 5.74) is 5.76. The molecule has 6 aliphatic rings. The molecule has 1 aromatic rings. The van der Waals surface area contributed by atoms with E-state index >= 15 is 0 Å². The van der Waals surface area contributed by atoms with E-state index in [2.05, 4.69) is 64.4 Å². The van der Waals surface area contributed by atoms with Crippen molar-refractivity contribution in [3.05, 3.63) is 53.6 Å². The summed E-state index contributed by atoms with van der Waals surface area (Å²) >= 11 is 0. The van der Waals surface area contributed by atoms with Crippen LogP contribution in [0.4, 0.5) is 0 Å². The number of aromatic carboxylic acids is 1. The molecule has 3 N–H and O–H groups in total. The van der Waals surface area contributed by atoms with Crippen molar-refractivity contribution in [2.75, 3.05) is 32.8 Å². The molecule has 7 rings (SSSR count). The Morgan fingerprint density at radius 3 is 2.40 bits per heavy atom. The van der Waals surface area contributed by atoms with Gasteiger partial charge < -0.3 is 15.5 Å². The van der Waals surface area contributed by atoms with Crippen molar-refractivity contribution in [2.24, 2.45) is 56.7 Å². The summed E-state index contributed by atoms with van der Waals surface area (Å²) < 4.78 is 0. The zero-order valence-corrected chi connectivity index (χ0v) is 32.3. The smallest absolute Gasteiger partial charge is 0.335 e. The third-order valence-electron chi connectivity index (χ3n) is 17.2. The number of rotatable bonds is 10. The maximum absolute atomic E-state index is 11.6. The Labute approximate surface area is 303 Å². The van der Waals surface area contributed by atoms with Crippen molar-refractivity contribution < 1.29 is 15.0 Å². The van der Waals surface area contributed by atoms with E-state index in [1.165, 1.54) is 80.9 Å². The number of benzene rings is 1. The molecule has 1 heterocycles. The SMILES string of the molecule is C=C(C)[C@@H]1CC[C@]2(CNCCCN3CCCC3CO)CC[C@]3(C)[C@H](CC[C@@H]4[C@@]5(C)CC=C(c6ccc(C(=O)O)cc6)C(C)(C)[C@@H]5CC[C@]43C)[C@@H]12. The number of hydrogen-bond acceptors (Lipinski definition) is 4. The van der Waals surface area contributed by atoms with Crippen molar-refractivity contribution >= 4 is 11.5 Å². The second-order valence-electron chi connectivity index (χ2n) is 19.5. The minimum absolute atomic E-state index is 0.0362. The van der Waals surface area contributed by atoms with Crippen molar-refractivity contribution in [1.82, 2.24) is 10.2 Å². The number of aliphatic hydroxyl groups is 1. The van der Waals surface area contributed by atoms with Gasteiger partial charge in [0.2, 0.25) is 0 Å². The number of nitrogens with one attached hydrogen (secondary N) is 1. The quantitative estimate of drug-likeness (QED) is 0.169. The molecular weight excluding hydrogens is 617 g/mol. The number of carboxylic acid groups (broad SMARTS) is 1. The Kier molecular flexibility index (Phi) is 9.59. The summed E-state index contributed by atoms with van der Waals surface area (Å²) in [5, 5.41) is 23.3. The minimum atomic E-state index is -0.856. The number of carboxylic acids is 1. The zero-order chi connectivity index (χ0) is 35.7. The second-order valence-corrected chi connectivity index (χ2v) is 19.5. The lowest BCUT2D eigenvalue weighted by atomic mass is 9.32. The summed E-state index contributed by atoms with van der Waals surface area (Å²) in [6, 6.07) is 8.03. The monoisotopic (exact) mass is 685 g/mol. The van der Waals surface area contributed by atoms with E-state index in [1.807, 2.05) is 12.1 Å². The zero-order valence-electron chi connectivity index (χ0n) is 32.3. The van der Waals surface area contributed by atoms with Crippen LogP contribution in [0.25, 0.3) is 5.57 Å². The van der Waals surface area contributed by atoms with Crippen LogP contribution in [0, 0.1) is 56.7 Å². The molecule has 0 spiro atoms. The van der Waals surface area contributed by atoms with Crippen LogP contribution in [0.1, 0.15) is 135 Å². The number of carbonyl (C=O) groups is 1. The van der Waals surface area contributed by atoms with Gasteiger partial charge in [-0.2, -0.15) is 0 Å². The van der Waals surface area contributed by atoms with Crippen molar-refractivity contribution in [1.29, 1.82) is 0 Å². The average Bonchev–Trinajstić information content (AvgIpc) is 3.70. The number of aliphatic hydroxyl groups excluding tert-OH is 1. The molecule has 0 aromatic heterocycles. The molecule has 1 aliphatic heterocycles. The number of nitrogens with zero attached hydrogens (tertiary/aromatic N) is 1. The van der Waals surface area contributed by atoms with Crippen molar-refractivity contribution in [2.45, 2.75) is 125 Å². The third kappa shape index (κ3) is 5.53. The summed E-state index contributed by atoms with van der Waals surface area (Å²) in [6.45, 7) is 24.9. The summed E-state index contributed by atoms with van der Waals surface area (Å²) in [6.07, 6.45) is 17.9. The number of likely N-dealkylation sites (tertiary alicyclic amines) is 1. The Morgan fingerprint density at radius 1 is 0.940 bits per heavy atom. The van der Waals surface area contributed by atoms with E-state index in [9.17, 15) is 15.0 Å². The van der Waals surface area contributed by atoms with Gasteiger partial charge in [-0.3, -0.25) is 4.90 Å². The molecular formula is C45H68N2O3. The summed E-state index contributed by atoms with van der Waals surface area (Å²) in [5.74, 6) is 2.61. The maximum atomic E-state index is 11.6. The van der Waals surface area contributed by atoms with Crippen LogP contribution < -0.4 is 5.32 Å². The minimum Gasteiger partial charge on any atom is -0.478 e. The number of allylic oxidation sites excluding steroid dienone is 3. The predicted molar refractivity (Wildman–Crippen MR) is 205 cm³/mol. The van der Waals surface area contributed by atoms with E-state index in [-0.39, 0.29) is 10.8 Å². The van der Waals surface area contributed by atoms with E-state index in [0.29, 0.717) is 52.2 Å². The highest BCUT2D eigenvalue weighted by Crippen LogP contribution is 2.77. The van der Waals surface area contributed by atoms with Gasteiger partial charge in [-0.15, -0.1) is 0 Å². The van der Waals surface area contributed by atoms with Gasteiger partial charge in [-0.1, -0.05) is 65.0 Å².